The van der Waals surface area contributed by atoms with Crippen LogP contribution in [0.3, 0.4) is 0 Å². The Morgan fingerprint density at radius 3 is 3.21 bits per heavy atom. The molecule has 0 saturated carbocycles. The van der Waals surface area contributed by atoms with Gasteiger partial charge in [0.25, 0.3) is 0 Å². The van der Waals surface area contributed by atoms with Crippen LogP contribution in [0.2, 0.25) is 0 Å². The van der Waals surface area contributed by atoms with Gasteiger partial charge in [0.05, 0.1) is 0 Å². The summed E-state index contributed by atoms with van der Waals surface area (Å²) in [4.78, 5) is 0. The van der Waals surface area contributed by atoms with Crippen molar-refractivity contribution in [2.24, 2.45) is 11.8 Å². The maximum atomic E-state index is 3.89. The fourth-order valence-electron chi connectivity index (χ4n) is 2.43. The van der Waals surface area contributed by atoms with E-state index in [1.165, 1.54) is 24.8 Å². The molecule has 0 aromatic carbocycles. The van der Waals surface area contributed by atoms with E-state index in [4.69, 9.17) is 0 Å². The molecule has 0 saturated heterocycles. The third kappa shape index (κ3) is 1.61. The molecule has 0 radical (unpaired) electrons. The lowest BCUT2D eigenvalue weighted by molar-refractivity contribution is 0.545. The van der Waals surface area contributed by atoms with Crippen molar-refractivity contribution in [3.8, 4) is 0 Å². The van der Waals surface area contributed by atoms with Gasteiger partial charge in [0, 0.05) is 5.92 Å². The Balaban J connectivity index is 2.29. The van der Waals surface area contributed by atoms with E-state index in [1.54, 1.807) is 5.57 Å². The van der Waals surface area contributed by atoms with E-state index < -0.39 is 0 Å². The van der Waals surface area contributed by atoms with Crippen molar-refractivity contribution >= 4 is 0 Å². The molecule has 74 valence electrons. The van der Waals surface area contributed by atoms with Gasteiger partial charge in [-0.1, -0.05) is 42.9 Å². The summed E-state index contributed by atoms with van der Waals surface area (Å²) >= 11 is 0. The lowest BCUT2D eigenvalue weighted by atomic mass is 9.75. The quantitative estimate of drug-likeness (QED) is 0.571. The molecule has 0 fully saturated rings. The second-order valence-corrected chi connectivity index (χ2v) is 4.24. The maximum Gasteiger partial charge on any atom is 0.00540 e. The highest BCUT2D eigenvalue weighted by atomic mass is 14.3. The number of fused-ring (bicyclic) bond motifs is 1. The first-order chi connectivity index (χ1) is 6.83. The zero-order valence-electron chi connectivity index (χ0n) is 8.87. The van der Waals surface area contributed by atoms with Gasteiger partial charge in [0.15, 0.2) is 0 Å². The summed E-state index contributed by atoms with van der Waals surface area (Å²) in [7, 11) is 0. The van der Waals surface area contributed by atoms with Gasteiger partial charge in [-0.25, -0.2) is 0 Å². The van der Waals surface area contributed by atoms with Gasteiger partial charge < -0.3 is 0 Å². The third-order valence-corrected chi connectivity index (χ3v) is 3.34. The largest absolute Gasteiger partial charge is 0.102 e. The Morgan fingerprint density at radius 1 is 1.57 bits per heavy atom. The van der Waals surface area contributed by atoms with Crippen LogP contribution in [0.4, 0.5) is 0 Å². The summed E-state index contributed by atoms with van der Waals surface area (Å²) < 4.78 is 0. The molecule has 0 nitrogen and oxygen atoms in total. The summed E-state index contributed by atoms with van der Waals surface area (Å²) in [6, 6.07) is 0. The van der Waals surface area contributed by atoms with Gasteiger partial charge in [-0.3, -0.25) is 0 Å². The van der Waals surface area contributed by atoms with Crippen LogP contribution in [0.15, 0.2) is 48.1 Å². The summed E-state index contributed by atoms with van der Waals surface area (Å²) in [6.45, 7) is 6.13. The topological polar surface area (TPSA) is 0 Å². The number of allylic oxidation sites excluding steroid dienone is 7. The molecule has 0 heteroatoms. The molecule has 2 rings (SSSR count). The summed E-state index contributed by atoms with van der Waals surface area (Å²) in [5.41, 5.74) is 3.08. The summed E-state index contributed by atoms with van der Waals surface area (Å²) in [6.07, 6.45) is 15.1. The first-order valence-corrected chi connectivity index (χ1v) is 5.53. The van der Waals surface area contributed by atoms with E-state index in [0.29, 0.717) is 11.8 Å². The molecule has 2 unspecified atom stereocenters. The van der Waals surface area contributed by atoms with Gasteiger partial charge in [-0.2, -0.15) is 0 Å². The van der Waals surface area contributed by atoms with Crippen molar-refractivity contribution in [1.29, 1.82) is 0 Å². The molecule has 2 atom stereocenters. The van der Waals surface area contributed by atoms with E-state index in [0.717, 1.165) is 0 Å². The predicted octanol–water partition coefficient (Wildman–Crippen LogP) is 4.03. The molecule has 14 heavy (non-hydrogen) atoms. The zero-order valence-corrected chi connectivity index (χ0v) is 8.87. The fraction of sp³-hybridized carbons (Fsp3) is 0.429. The molecule has 0 heterocycles. The number of hydrogen-bond acceptors (Lipinski definition) is 0. The van der Waals surface area contributed by atoms with E-state index in [9.17, 15) is 0 Å². The van der Waals surface area contributed by atoms with Crippen LogP contribution < -0.4 is 0 Å². The Kier molecular flexibility index (Phi) is 2.72. The minimum Gasteiger partial charge on any atom is -0.102 e. The second kappa shape index (κ2) is 4.00. The highest BCUT2D eigenvalue weighted by Gasteiger charge is 2.23. The molecule has 0 spiro atoms. The first-order valence-electron chi connectivity index (χ1n) is 5.53. The number of hydrogen-bond donors (Lipinski definition) is 0. The van der Waals surface area contributed by atoms with Crippen LogP contribution >= 0.6 is 0 Å². The second-order valence-electron chi connectivity index (χ2n) is 4.24. The van der Waals surface area contributed by atoms with Crippen LogP contribution in [-0.2, 0) is 0 Å². The van der Waals surface area contributed by atoms with Crippen molar-refractivity contribution < 1.29 is 0 Å². The molecule has 0 bridgehead atoms. The van der Waals surface area contributed by atoms with E-state index in [-0.39, 0.29) is 0 Å². The fourth-order valence-corrected chi connectivity index (χ4v) is 2.43. The molecule has 0 aromatic rings. The van der Waals surface area contributed by atoms with Crippen LogP contribution in [0.5, 0.6) is 0 Å². The average Bonchev–Trinajstić information content (AvgIpc) is 2.27. The molecule has 0 aliphatic heterocycles. The van der Waals surface area contributed by atoms with E-state index >= 15 is 0 Å². The molecule has 2 aliphatic carbocycles. The van der Waals surface area contributed by atoms with Crippen LogP contribution in [0.1, 0.15) is 26.2 Å². The Morgan fingerprint density at radius 2 is 2.43 bits per heavy atom. The lowest BCUT2D eigenvalue weighted by Gasteiger charge is -2.29. The monoisotopic (exact) mass is 186 g/mol. The Hall–Kier alpha value is -1.04. The van der Waals surface area contributed by atoms with Gasteiger partial charge in [-0.15, -0.1) is 6.58 Å². The van der Waals surface area contributed by atoms with Gasteiger partial charge in [0.1, 0.15) is 0 Å². The van der Waals surface area contributed by atoms with Gasteiger partial charge in [0.2, 0.25) is 0 Å². The zero-order chi connectivity index (χ0) is 9.97. The van der Waals surface area contributed by atoms with Crippen molar-refractivity contribution in [2.75, 3.05) is 0 Å². The molecular formula is C14H18. The maximum absolute atomic E-state index is 3.89. The standard InChI is InChI=1S/C14H18/c1-3-11(2)13-10-6-8-12-7-4-5-9-14(12)13/h3,6-8,10-11,14H,1,4-5,9H2,2H3. The van der Waals surface area contributed by atoms with Crippen LogP contribution in [0.25, 0.3) is 0 Å². The lowest BCUT2D eigenvalue weighted by Crippen LogP contribution is -2.16. The van der Waals surface area contributed by atoms with Crippen LogP contribution in [0, 0.1) is 11.8 Å². The normalized spacial score (nSPS) is 27.4. The van der Waals surface area contributed by atoms with E-state index in [2.05, 4.69) is 43.9 Å². The average molecular weight is 186 g/mol. The smallest absolute Gasteiger partial charge is 0.00540 e. The molecule has 0 amide bonds. The summed E-state index contributed by atoms with van der Waals surface area (Å²) in [5, 5.41) is 0. The van der Waals surface area contributed by atoms with Crippen molar-refractivity contribution in [3.63, 3.8) is 0 Å². The number of rotatable bonds is 2. The SMILES string of the molecule is C=CC(C)C1=CC=CC2=CCCCC21. The highest BCUT2D eigenvalue weighted by molar-refractivity contribution is 5.40. The molecule has 0 N–H and O–H groups in total. The molecule has 2 aliphatic rings. The van der Waals surface area contributed by atoms with Crippen LogP contribution in [-0.4, -0.2) is 0 Å². The summed E-state index contributed by atoms with van der Waals surface area (Å²) in [5.74, 6) is 1.20. The Bertz CT molecular complexity index is 315. The minimum atomic E-state index is 0.520. The van der Waals surface area contributed by atoms with Crippen molar-refractivity contribution in [1.82, 2.24) is 0 Å². The highest BCUT2D eigenvalue weighted by Crippen LogP contribution is 2.37. The van der Waals surface area contributed by atoms with E-state index in [1.807, 2.05) is 0 Å². The van der Waals surface area contributed by atoms with Gasteiger partial charge >= 0.3 is 0 Å². The predicted molar refractivity (Wildman–Crippen MR) is 62.0 cm³/mol. The van der Waals surface area contributed by atoms with Crippen molar-refractivity contribution in [2.45, 2.75) is 26.2 Å². The minimum absolute atomic E-state index is 0.520. The molecular weight excluding hydrogens is 168 g/mol. The van der Waals surface area contributed by atoms with Crippen molar-refractivity contribution in [3.05, 3.63) is 48.1 Å². The molecule has 0 aromatic heterocycles. The third-order valence-electron chi connectivity index (χ3n) is 3.34. The Labute approximate surface area is 86.7 Å². The van der Waals surface area contributed by atoms with Gasteiger partial charge in [-0.05, 0) is 30.8 Å². The first kappa shape index (κ1) is 9.51.